The van der Waals surface area contributed by atoms with Gasteiger partial charge in [-0.1, -0.05) is 0 Å². The Bertz CT molecular complexity index is 750. The van der Waals surface area contributed by atoms with Crippen LogP contribution in [-0.2, 0) is 0 Å². The summed E-state index contributed by atoms with van der Waals surface area (Å²) in [6, 6.07) is 5.73. The maximum Gasteiger partial charge on any atom is 0.257 e. The van der Waals surface area contributed by atoms with E-state index in [1.165, 1.54) is 12.5 Å². The van der Waals surface area contributed by atoms with Gasteiger partial charge in [-0.05, 0) is 18.2 Å². The van der Waals surface area contributed by atoms with Gasteiger partial charge >= 0.3 is 0 Å². The van der Waals surface area contributed by atoms with Crippen molar-refractivity contribution in [1.82, 2.24) is 20.0 Å². The minimum atomic E-state index is 0.00942. The lowest BCUT2D eigenvalue weighted by Crippen LogP contribution is -2.49. The molecule has 0 saturated carbocycles. The van der Waals surface area contributed by atoms with Gasteiger partial charge in [-0.15, -0.1) is 10.2 Å². The number of aromatic nitrogens is 2. The van der Waals surface area contributed by atoms with Crippen LogP contribution in [0, 0.1) is 0 Å². The Hall–Kier alpha value is -2.65. The number of β-amino-alcohol motifs (C(OH)–C–C–N with tert-alkyl or cyclic N) is 1. The minimum Gasteiger partial charge on any atom is -0.472 e. The van der Waals surface area contributed by atoms with Crippen molar-refractivity contribution < 1.29 is 14.3 Å². The van der Waals surface area contributed by atoms with Gasteiger partial charge in [-0.25, -0.2) is 0 Å². The van der Waals surface area contributed by atoms with Crippen molar-refractivity contribution in [2.45, 2.75) is 0 Å². The van der Waals surface area contributed by atoms with Crippen molar-refractivity contribution in [2.24, 2.45) is 0 Å². The maximum absolute atomic E-state index is 12.4. The molecule has 150 valence electrons. The van der Waals surface area contributed by atoms with E-state index < -0.39 is 0 Å². The molecule has 9 heteroatoms. The van der Waals surface area contributed by atoms with Crippen molar-refractivity contribution in [3.05, 3.63) is 36.3 Å². The quantitative estimate of drug-likeness (QED) is 0.777. The number of furan rings is 1. The number of aliphatic hydroxyl groups excluding tert-OH is 1. The number of anilines is 2. The van der Waals surface area contributed by atoms with Crippen molar-refractivity contribution in [3.8, 4) is 0 Å². The monoisotopic (exact) mass is 386 g/mol. The van der Waals surface area contributed by atoms with Gasteiger partial charge in [-0.2, -0.15) is 0 Å². The molecule has 0 radical (unpaired) electrons. The second-order valence-electron chi connectivity index (χ2n) is 7.09. The maximum atomic E-state index is 12.4. The van der Waals surface area contributed by atoms with E-state index in [0.29, 0.717) is 18.7 Å². The highest BCUT2D eigenvalue weighted by atomic mass is 16.3. The molecule has 2 aliphatic heterocycles. The predicted octanol–water partition coefficient (Wildman–Crippen LogP) is 0.146. The first-order valence-corrected chi connectivity index (χ1v) is 9.73. The lowest BCUT2D eigenvalue weighted by Gasteiger charge is -2.36. The summed E-state index contributed by atoms with van der Waals surface area (Å²) in [5.74, 6) is 1.74. The Balaban J connectivity index is 1.30. The van der Waals surface area contributed by atoms with E-state index >= 15 is 0 Å². The molecule has 1 amide bonds. The van der Waals surface area contributed by atoms with Crippen LogP contribution in [0.25, 0.3) is 0 Å². The first-order chi connectivity index (χ1) is 13.7. The van der Waals surface area contributed by atoms with Gasteiger partial charge < -0.3 is 24.2 Å². The van der Waals surface area contributed by atoms with E-state index in [4.69, 9.17) is 9.52 Å². The summed E-state index contributed by atoms with van der Waals surface area (Å²) in [6.07, 6.45) is 3.01. The molecule has 2 aliphatic rings. The molecular weight excluding hydrogens is 360 g/mol. The number of aliphatic hydroxyl groups is 1. The molecule has 0 unspecified atom stereocenters. The topological polar surface area (TPSA) is 89.2 Å². The van der Waals surface area contributed by atoms with E-state index in [-0.39, 0.29) is 12.5 Å². The molecule has 4 heterocycles. The molecule has 2 saturated heterocycles. The van der Waals surface area contributed by atoms with Crippen LogP contribution in [0.1, 0.15) is 10.4 Å². The summed E-state index contributed by atoms with van der Waals surface area (Å²) in [7, 11) is 0. The number of hydrogen-bond donors (Lipinski definition) is 1. The molecule has 2 fully saturated rings. The van der Waals surface area contributed by atoms with Crippen LogP contribution in [0.4, 0.5) is 11.6 Å². The molecule has 0 aromatic carbocycles. The van der Waals surface area contributed by atoms with Crippen molar-refractivity contribution in [2.75, 3.05) is 75.3 Å². The average molecular weight is 386 g/mol. The summed E-state index contributed by atoms with van der Waals surface area (Å²) >= 11 is 0. The number of rotatable bonds is 5. The van der Waals surface area contributed by atoms with Gasteiger partial charge in [0.1, 0.15) is 6.26 Å². The average Bonchev–Trinajstić information content (AvgIpc) is 3.29. The first-order valence-electron chi connectivity index (χ1n) is 9.73. The Morgan fingerprint density at radius 3 is 2.04 bits per heavy atom. The third-order valence-electron chi connectivity index (χ3n) is 5.41. The van der Waals surface area contributed by atoms with Crippen molar-refractivity contribution in [1.29, 1.82) is 0 Å². The standard InChI is InChI=1S/C19H26N6O3/c26-13-12-22-4-6-23(7-5-22)17-1-2-18(21-20-17)24-8-10-25(11-9-24)19(27)16-3-14-28-15-16/h1-3,14-15,26H,4-13H2. The molecule has 4 rings (SSSR count). The molecule has 0 bridgehead atoms. The van der Waals surface area contributed by atoms with Crippen molar-refractivity contribution >= 4 is 17.5 Å². The highest BCUT2D eigenvalue weighted by Gasteiger charge is 2.24. The lowest BCUT2D eigenvalue weighted by molar-refractivity contribution is 0.0745. The molecule has 2 aromatic heterocycles. The molecule has 0 spiro atoms. The van der Waals surface area contributed by atoms with E-state index in [9.17, 15) is 4.79 Å². The molecular formula is C19H26N6O3. The summed E-state index contributed by atoms with van der Waals surface area (Å²) in [5, 5.41) is 17.9. The lowest BCUT2D eigenvalue weighted by atomic mass is 10.2. The normalized spacial score (nSPS) is 18.5. The third kappa shape index (κ3) is 4.10. The number of hydrogen-bond acceptors (Lipinski definition) is 8. The summed E-state index contributed by atoms with van der Waals surface area (Å²) in [4.78, 5) is 20.9. The molecule has 0 atom stereocenters. The molecule has 1 N–H and O–H groups in total. The predicted molar refractivity (Wildman–Crippen MR) is 105 cm³/mol. The van der Waals surface area contributed by atoms with Gasteiger partial charge in [0, 0.05) is 58.9 Å². The van der Waals surface area contributed by atoms with E-state index in [1.54, 1.807) is 6.07 Å². The fourth-order valence-electron chi connectivity index (χ4n) is 3.70. The van der Waals surface area contributed by atoms with Gasteiger partial charge in [0.25, 0.3) is 5.91 Å². The number of piperazine rings is 2. The summed E-state index contributed by atoms with van der Waals surface area (Å²) in [5.41, 5.74) is 0.594. The number of nitrogens with zero attached hydrogens (tertiary/aromatic N) is 6. The van der Waals surface area contributed by atoms with Crippen LogP contribution in [0.3, 0.4) is 0 Å². The molecule has 2 aromatic rings. The summed E-state index contributed by atoms with van der Waals surface area (Å²) in [6.45, 7) is 7.34. The fraction of sp³-hybridized carbons (Fsp3) is 0.526. The fourth-order valence-corrected chi connectivity index (χ4v) is 3.70. The summed E-state index contributed by atoms with van der Waals surface area (Å²) < 4.78 is 5.00. The number of carbonyl (C=O) groups is 1. The smallest absolute Gasteiger partial charge is 0.257 e. The molecule has 0 aliphatic carbocycles. The Labute approximate surface area is 164 Å². The second kappa shape index (κ2) is 8.57. The SMILES string of the molecule is O=C(c1ccoc1)N1CCN(c2ccc(N3CCN(CCO)CC3)nn2)CC1. The van der Waals surface area contributed by atoms with Crippen LogP contribution in [0.15, 0.2) is 35.1 Å². The zero-order chi connectivity index (χ0) is 19.3. The highest BCUT2D eigenvalue weighted by molar-refractivity contribution is 5.94. The molecule has 28 heavy (non-hydrogen) atoms. The van der Waals surface area contributed by atoms with Gasteiger partial charge in [-0.3, -0.25) is 9.69 Å². The van der Waals surface area contributed by atoms with Crippen molar-refractivity contribution in [3.63, 3.8) is 0 Å². The third-order valence-corrected chi connectivity index (χ3v) is 5.41. The van der Waals surface area contributed by atoms with E-state index in [0.717, 1.165) is 57.4 Å². The van der Waals surface area contributed by atoms with E-state index in [2.05, 4.69) is 24.9 Å². The Kier molecular flexibility index (Phi) is 5.73. The highest BCUT2D eigenvalue weighted by Crippen LogP contribution is 2.18. The Morgan fingerprint density at radius 2 is 1.54 bits per heavy atom. The van der Waals surface area contributed by atoms with E-state index in [1.807, 2.05) is 17.0 Å². The van der Waals surface area contributed by atoms with Gasteiger partial charge in [0.2, 0.25) is 0 Å². The zero-order valence-corrected chi connectivity index (χ0v) is 15.9. The van der Waals surface area contributed by atoms with Gasteiger partial charge in [0.05, 0.1) is 18.4 Å². The minimum absolute atomic E-state index is 0.00942. The van der Waals surface area contributed by atoms with Crippen LogP contribution in [-0.4, -0.2) is 96.5 Å². The second-order valence-corrected chi connectivity index (χ2v) is 7.09. The first kappa shape index (κ1) is 18.7. The van der Waals surface area contributed by atoms with Crippen LogP contribution in [0.2, 0.25) is 0 Å². The molecule has 9 nitrogen and oxygen atoms in total. The largest absolute Gasteiger partial charge is 0.472 e. The van der Waals surface area contributed by atoms with Crippen LogP contribution >= 0.6 is 0 Å². The number of amides is 1. The van der Waals surface area contributed by atoms with Gasteiger partial charge in [0.15, 0.2) is 11.6 Å². The van der Waals surface area contributed by atoms with Crippen LogP contribution in [0.5, 0.6) is 0 Å². The van der Waals surface area contributed by atoms with Crippen LogP contribution < -0.4 is 9.80 Å². The number of carbonyl (C=O) groups excluding carboxylic acids is 1. The Morgan fingerprint density at radius 1 is 0.929 bits per heavy atom. The zero-order valence-electron chi connectivity index (χ0n) is 15.9.